The number of benzene rings is 1. The van der Waals surface area contributed by atoms with Crippen LogP contribution in [-0.4, -0.2) is 72.0 Å². The number of methoxy groups -OCH3 is 1. The lowest BCUT2D eigenvalue weighted by Gasteiger charge is -2.34. The highest BCUT2D eigenvalue weighted by molar-refractivity contribution is 5.97. The number of carbonyl (C=O) groups is 2. The number of amides is 2. The number of rotatable bonds is 5. The summed E-state index contributed by atoms with van der Waals surface area (Å²) in [6.45, 7) is 1.11. The Hall–Kier alpha value is -4.30. The first kappa shape index (κ1) is 28.2. The van der Waals surface area contributed by atoms with Crippen molar-refractivity contribution in [2.45, 2.75) is 25.1 Å². The lowest BCUT2D eigenvalue weighted by Crippen LogP contribution is -2.49. The van der Waals surface area contributed by atoms with E-state index in [1.165, 1.54) is 24.1 Å². The lowest BCUT2D eigenvalue weighted by atomic mass is 10.1. The van der Waals surface area contributed by atoms with Gasteiger partial charge in [0, 0.05) is 44.5 Å². The Morgan fingerprint density at radius 3 is 2.24 bits per heavy atom. The summed E-state index contributed by atoms with van der Waals surface area (Å²) in [5.74, 6) is -6.01. The van der Waals surface area contributed by atoms with E-state index in [-0.39, 0.29) is 55.9 Å². The quantitative estimate of drug-likeness (QED) is 0.460. The summed E-state index contributed by atoms with van der Waals surface area (Å²) in [6.07, 6.45) is -4.13. The van der Waals surface area contributed by atoms with Crippen molar-refractivity contribution in [1.29, 1.82) is 0 Å². The third-order valence-corrected chi connectivity index (χ3v) is 7.07. The van der Waals surface area contributed by atoms with Gasteiger partial charge in [-0.2, -0.15) is 13.2 Å². The number of alkyl halides is 3. The standard InChI is InChI=1S/C26H23F6N5O4/c1-41-25(40)36-8-6-35(7-9-36)19-5-4-15-21(38)16(24(39)34-22(13-2-3-13)26(30,31)32)12-37(23(15)33-19)20-17(28)10-14(27)11-18(20)29/h4-5,10-13,22H,2-3,6-9H2,1H3,(H,34,39)/t22-/m1/s1. The second-order valence-corrected chi connectivity index (χ2v) is 9.77. The zero-order chi connectivity index (χ0) is 29.6. The van der Waals surface area contributed by atoms with Crippen molar-refractivity contribution >= 4 is 28.9 Å². The molecule has 218 valence electrons. The van der Waals surface area contributed by atoms with Gasteiger partial charge in [0.05, 0.1) is 12.5 Å². The van der Waals surface area contributed by atoms with Gasteiger partial charge in [0.15, 0.2) is 17.3 Å². The van der Waals surface area contributed by atoms with Crippen LogP contribution in [0.3, 0.4) is 0 Å². The number of piperazine rings is 1. The Bertz CT molecular complexity index is 1560. The highest BCUT2D eigenvalue weighted by atomic mass is 19.4. The molecule has 1 saturated heterocycles. The molecule has 5 rings (SSSR count). The highest BCUT2D eigenvalue weighted by Gasteiger charge is 2.50. The summed E-state index contributed by atoms with van der Waals surface area (Å²) in [5.41, 5.74) is -3.03. The first-order chi connectivity index (χ1) is 19.4. The van der Waals surface area contributed by atoms with E-state index in [1.807, 2.05) is 5.32 Å². The summed E-state index contributed by atoms with van der Waals surface area (Å²) >= 11 is 0. The maximum Gasteiger partial charge on any atom is 0.409 e. The Balaban J connectivity index is 1.61. The van der Waals surface area contributed by atoms with E-state index >= 15 is 0 Å². The number of halogens is 6. The summed E-state index contributed by atoms with van der Waals surface area (Å²) in [6, 6.07) is 1.20. The monoisotopic (exact) mass is 583 g/mol. The molecule has 1 saturated carbocycles. The minimum Gasteiger partial charge on any atom is -0.453 e. The third-order valence-electron chi connectivity index (χ3n) is 7.07. The molecule has 41 heavy (non-hydrogen) atoms. The van der Waals surface area contributed by atoms with E-state index in [4.69, 9.17) is 4.74 Å². The summed E-state index contributed by atoms with van der Waals surface area (Å²) in [4.78, 5) is 45.7. The van der Waals surface area contributed by atoms with Crippen LogP contribution in [0.2, 0.25) is 0 Å². The van der Waals surface area contributed by atoms with Crippen LogP contribution < -0.4 is 15.6 Å². The SMILES string of the molecule is COC(=O)N1CCN(c2ccc3c(=O)c(C(=O)N[C@H](C4CC4)C(F)(F)F)cn(-c4c(F)cc(F)cc4F)c3n2)CC1. The molecular weight excluding hydrogens is 560 g/mol. The molecule has 0 bridgehead atoms. The zero-order valence-electron chi connectivity index (χ0n) is 21.5. The number of carbonyl (C=O) groups excluding carboxylic acids is 2. The largest absolute Gasteiger partial charge is 0.453 e. The topological polar surface area (TPSA) is 96.8 Å². The van der Waals surface area contributed by atoms with Gasteiger partial charge >= 0.3 is 12.3 Å². The molecule has 0 unspecified atom stereocenters. The molecule has 15 heteroatoms. The van der Waals surface area contributed by atoms with Crippen molar-refractivity contribution in [3.8, 4) is 5.69 Å². The van der Waals surface area contributed by atoms with Gasteiger partial charge in [-0.1, -0.05) is 0 Å². The molecule has 1 aliphatic heterocycles. The number of nitrogens with one attached hydrogen (secondary N) is 1. The predicted molar refractivity (Wildman–Crippen MR) is 133 cm³/mol. The Morgan fingerprint density at radius 2 is 1.68 bits per heavy atom. The molecule has 9 nitrogen and oxygen atoms in total. The van der Waals surface area contributed by atoms with E-state index < -0.39 is 64.3 Å². The van der Waals surface area contributed by atoms with Crippen molar-refractivity contribution in [3.05, 3.63) is 63.7 Å². The molecule has 1 aromatic carbocycles. The second kappa shape index (κ2) is 10.6. The maximum absolute atomic E-state index is 14.9. The van der Waals surface area contributed by atoms with Crippen LogP contribution in [0, 0.1) is 23.4 Å². The van der Waals surface area contributed by atoms with E-state index in [0.29, 0.717) is 22.9 Å². The number of pyridine rings is 2. The van der Waals surface area contributed by atoms with Crippen LogP contribution in [0.1, 0.15) is 23.2 Å². The van der Waals surface area contributed by atoms with Gasteiger partial charge in [0.1, 0.15) is 28.9 Å². The van der Waals surface area contributed by atoms with Crippen LogP contribution in [0.25, 0.3) is 16.7 Å². The number of hydrogen-bond donors (Lipinski definition) is 1. The van der Waals surface area contributed by atoms with E-state index in [9.17, 15) is 40.7 Å². The molecule has 2 fully saturated rings. The van der Waals surface area contributed by atoms with Crippen molar-refractivity contribution in [3.63, 3.8) is 0 Å². The molecule has 3 heterocycles. The summed E-state index contributed by atoms with van der Waals surface area (Å²) < 4.78 is 89.7. The number of fused-ring (bicyclic) bond motifs is 1. The number of ether oxygens (including phenoxy) is 1. The van der Waals surface area contributed by atoms with E-state index in [2.05, 4.69) is 4.98 Å². The van der Waals surface area contributed by atoms with E-state index in [1.54, 1.807) is 4.90 Å². The fourth-order valence-corrected chi connectivity index (χ4v) is 4.83. The summed E-state index contributed by atoms with van der Waals surface area (Å²) in [7, 11) is 1.25. The van der Waals surface area contributed by atoms with Gasteiger partial charge in [-0.05, 0) is 30.9 Å². The van der Waals surface area contributed by atoms with Crippen molar-refractivity contribution in [2.75, 3.05) is 38.2 Å². The molecule has 2 amide bonds. The van der Waals surface area contributed by atoms with Gasteiger partial charge in [-0.15, -0.1) is 0 Å². The Morgan fingerprint density at radius 1 is 1.05 bits per heavy atom. The van der Waals surface area contributed by atoms with Crippen molar-refractivity contribution in [1.82, 2.24) is 19.8 Å². The highest BCUT2D eigenvalue weighted by Crippen LogP contribution is 2.40. The average molecular weight is 583 g/mol. The van der Waals surface area contributed by atoms with Crippen LogP contribution >= 0.6 is 0 Å². The van der Waals surface area contributed by atoms with Gasteiger partial charge in [-0.25, -0.2) is 22.9 Å². The van der Waals surface area contributed by atoms with Gasteiger partial charge in [0.2, 0.25) is 5.43 Å². The van der Waals surface area contributed by atoms with Gasteiger partial charge < -0.3 is 19.9 Å². The molecule has 1 N–H and O–H groups in total. The predicted octanol–water partition coefficient (Wildman–Crippen LogP) is 3.76. The van der Waals surface area contributed by atoms with Crippen LogP contribution in [0.5, 0.6) is 0 Å². The van der Waals surface area contributed by atoms with Gasteiger partial charge in [-0.3, -0.25) is 14.2 Å². The fraction of sp³-hybridized carbons (Fsp3) is 0.385. The first-order valence-corrected chi connectivity index (χ1v) is 12.6. The molecule has 0 radical (unpaired) electrons. The number of hydrogen-bond acceptors (Lipinski definition) is 6. The molecular formula is C26H23F6N5O4. The average Bonchev–Trinajstić information content (AvgIpc) is 3.76. The zero-order valence-corrected chi connectivity index (χ0v) is 21.5. The van der Waals surface area contributed by atoms with Crippen molar-refractivity contribution < 1.29 is 40.7 Å². The summed E-state index contributed by atoms with van der Waals surface area (Å²) in [5, 5.41) is 1.53. The minimum absolute atomic E-state index is 0.235. The third kappa shape index (κ3) is 5.52. The van der Waals surface area contributed by atoms with Crippen LogP contribution in [0.15, 0.2) is 35.3 Å². The van der Waals surface area contributed by atoms with Crippen LogP contribution in [0.4, 0.5) is 37.0 Å². The number of aromatic nitrogens is 2. The van der Waals surface area contributed by atoms with Crippen LogP contribution in [-0.2, 0) is 4.74 Å². The molecule has 2 aliphatic rings. The maximum atomic E-state index is 14.9. The molecule has 0 spiro atoms. The Labute approximate surface area is 228 Å². The number of nitrogens with zero attached hydrogens (tertiary/aromatic N) is 4. The molecule has 1 atom stereocenters. The molecule has 2 aromatic heterocycles. The molecule has 1 aliphatic carbocycles. The normalized spacial score (nSPS) is 16.6. The fourth-order valence-electron chi connectivity index (χ4n) is 4.83. The second-order valence-electron chi connectivity index (χ2n) is 9.77. The molecule has 3 aromatic rings. The van der Waals surface area contributed by atoms with Crippen molar-refractivity contribution in [2.24, 2.45) is 5.92 Å². The number of anilines is 1. The smallest absolute Gasteiger partial charge is 0.409 e. The lowest BCUT2D eigenvalue weighted by molar-refractivity contribution is -0.158. The Kier molecular flexibility index (Phi) is 7.30. The van der Waals surface area contributed by atoms with Gasteiger partial charge in [0.25, 0.3) is 5.91 Å². The minimum atomic E-state index is -4.78. The first-order valence-electron chi connectivity index (χ1n) is 12.6. The van der Waals surface area contributed by atoms with E-state index in [0.717, 1.165) is 0 Å².